The first-order valence-electron chi connectivity index (χ1n) is 5.21. The summed E-state index contributed by atoms with van der Waals surface area (Å²) in [6.45, 7) is 0.698. The summed E-state index contributed by atoms with van der Waals surface area (Å²) in [5, 5.41) is 10.9. The number of aromatic carboxylic acids is 1. The van der Waals surface area contributed by atoms with Crippen LogP contribution in [-0.4, -0.2) is 32.9 Å². The quantitative estimate of drug-likeness (QED) is 0.583. The number of carbonyl (C=O) groups is 1. The van der Waals surface area contributed by atoms with Gasteiger partial charge in [-0.1, -0.05) is 0 Å². The van der Waals surface area contributed by atoms with E-state index >= 15 is 0 Å². The average Bonchev–Trinajstić information content (AvgIpc) is 2.26. The van der Waals surface area contributed by atoms with E-state index in [2.05, 4.69) is 4.74 Å². The molecular weight excluding hydrogens is 324 g/mol. The van der Waals surface area contributed by atoms with Crippen LogP contribution in [0.1, 0.15) is 17.3 Å². The molecule has 0 fully saturated rings. The Labute approximate surface area is 141 Å². The molecule has 5 nitrogen and oxygen atoms in total. The van der Waals surface area contributed by atoms with E-state index in [1.54, 1.807) is 0 Å². The Morgan fingerprint density at radius 1 is 1.33 bits per heavy atom. The van der Waals surface area contributed by atoms with Gasteiger partial charge >= 0.3 is 35.7 Å². The molecule has 0 aliphatic rings. The number of sulfone groups is 1. The Balaban J connectivity index is 0.00000400. The molecule has 10 heteroatoms. The molecule has 0 N–H and O–H groups in total. The van der Waals surface area contributed by atoms with Crippen molar-refractivity contribution in [3.63, 3.8) is 0 Å². The number of benzene rings is 1. The first-order chi connectivity index (χ1) is 8.93. The van der Waals surface area contributed by atoms with Crippen LogP contribution in [0.15, 0.2) is 23.1 Å². The van der Waals surface area contributed by atoms with Crippen molar-refractivity contribution in [3.05, 3.63) is 23.8 Å². The average molecular weight is 334 g/mol. The second kappa shape index (κ2) is 6.99. The largest absolute Gasteiger partial charge is 1.00 e. The summed E-state index contributed by atoms with van der Waals surface area (Å²) in [6.07, 6.45) is -6.09. The Morgan fingerprint density at radius 3 is 2.24 bits per heavy atom. The van der Waals surface area contributed by atoms with E-state index in [1.165, 1.54) is 0 Å². The van der Waals surface area contributed by atoms with Crippen molar-refractivity contribution in [2.24, 2.45) is 0 Å². The van der Waals surface area contributed by atoms with Gasteiger partial charge in [0.15, 0.2) is 15.9 Å². The van der Waals surface area contributed by atoms with Crippen LogP contribution in [-0.2, 0) is 9.84 Å². The predicted octanol–water partition coefficient (Wildman–Crippen LogP) is -2.21. The first-order valence-corrected chi connectivity index (χ1v) is 7.11. The summed E-state index contributed by atoms with van der Waals surface area (Å²) in [7, 11) is -3.70. The van der Waals surface area contributed by atoms with Crippen LogP contribution in [0.5, 0.6) is 5.75 Å². The maximum atomic E-state index is 12.4. The number of carbonyl (C=O) groups excluding carboxylic acids is 1. The molecule has 0 saturated heterocycles. The zero-order valence-corrected chi connectivity index (χ0v) is 14.2. The van der Waals surface area contributed by atoms with Crippen molar-refractivity contribution in [1.29, 1.82) is 0 Å². The number of alkyl halides is 3. The van der Waals surface area contributed by atoms with Crippen LogP contribution >= 0.6 is 0 Å². The second-order valence-corrected chi connectivity index (χ2v) is 6.04. The van der Waals surface area contributed by atoms with Gasteiger partial charge in [0, 0.05) is 11.8 Å². The summed E-state index contributed by atoms with van der Waals surface area (Å²) < 4.78 is 64.1. The van der Waals surface area contributed by atoms with Gasteiger partial charge in [-0.25, -0.2) is 8.42 Å². The standard InChI is InChI=1S/C11H11F3O5S.Na/c1-6(11(12,13)14)19-9-4-3-7(20(2,17)18)5-8(9)10(15)16;/h3-6H,1-2H3,(H,15,16);/q;+1/p-1/t6-;/m1./s1. The number of hydrogen-bond acceptors (Lipinski definition) is 5. The molecule has 21 heavy (non-hydrogen) atoms. The number of rotatable bonds is 4. The molecule has 0 unspecified atom stereocenters. The smallest absolute Gasteiger partial charge is 0.545 e. The van der Waals surface area contributed by atoms with E-state index in [0.717, 1.165) is 18.4 Å². The van der Waals surface area contributed by atoms with Crippen LogP contribution in [0.4, 0.5) is 13.2 Å². The van der Waals surface area contributed by atoms with Crippen molar-refractivity contribution in [1.82, 2.24) is 0 Å². The molecule has 0 amide bonds. The third kappa shape index (κ3) is 5.50. The normalized spacial score (nSPS) is 13.2. The molecule has 1 aromatic carbocycles. The molecule has 0 spiro atoms. The predicted molar refractivity (Wildman–Crippen MR) is 60.0 cm³/mol. The molecule has 0 aliphatic heterocycles. The van der Waals surface area contributed by atoms with Gasteiger partial charge in [-0.2, -0.15) is 13.2 Å². The van der Waals surface area contributed by atoms with E-state index in [0.29, 0.717) is 13.0 Å². The minimum Gasteiger partial charge on any atom is -0.545 e. The Hall–Kier alpha value is -0.770. The van der Waals surface area contributed by atoms with Crippen LogP contribution in [0.25, 0.3) is 0 Å². The molecule has 0 aromatic heterocycles. The SMILES string of the molecule is C[C@@H](Oc1ccc(S(C)(=O)=O)cc1C(=O)[O-])C(F)(F)F.[Na+]. The van der Waals surface area contributed by atoms with Gasteiger partial charge in [0.05, 0.1) is 10.9 Å². The molecular formula is C11H10F3NaO5S. The van der Waals surface area contributed by atoms with E-state index < -0.39 is 39.4 Å². The monoisotopic (exact) mass is 334 g/mol. The third-order valence-corrected chi connectivity index (χ3v) is 3.47. The number of carboxylic acid groups (broad SMARTS) is 1. The minimum absolute atomic E-state index is 0. The van der Waals surface area contributed by atoms with Gasteiger partial charge in [0.1, 0.15) is 5.75 Å². The van der Waals surface area contributed by atoms with Crippen molar-refractivity contribution in [2.75, 3.05) is 6.26 Å². The van der Waals surface area contributed by atoms with Gasteiger partial charge in [-0.05, 0) is 25.1 Å². The Kier molecular flexibility index (Phi) is 6.74. The minimum atomic E-state index is -4.68. The molecule has 112 valence electrons. The summed E-state index contributed by atoms with van der Waals surface area (Å²) in [5.74, 6) is -2.44. The molecule has 0 saturated carbocycles. The van der Waals surface area contributed by atoms with Crippen molar-refractivity contribution in [2.45, 2.75) is 24.1 Å². The molecule has 1 rings (SSSR count). The molecule has 0 aliphatic carbocycles. The fraction of sp³-hybridized carbons (Fsp3) is 0.364. The number of halogens is 3. The number of hydrogen-bond donors (Lipinski definition) is 0. The van der Waals surface area contributed by atoms with Gasteiger partial charge in [0.2, 0.25) is 0 Å². The number of ether oxygens (including phenoxy) is 1. The van der Waals surface area contributed by atoms with Crippen molar-refractivity contribution >= 4 is 15.8 Å². The molecule has 1 atom stereocenters. The Bertz CT molecular complexity index is 627. The number of carboxylic acids is 1. The zero-order valence-electron chi connectivity index (χ0n) is 11.4. The first kappa shape index (κ1) is 20.2. The van der Waals surface area contributed by atoms with E-state index in [1.807, 2.05) is 0 Å². The fourth-order valence-corrected chi connectivity index (χ4v) is 1.91. The van der Waals surface area contributed by atoms with E-state index in [4.69, 9.17) is 0 Å². The summed E-state index contributed by atoms with van der Waals surface area (Å²) in [6, 6.07) is 2.51. The molecule has 0 heterocycles. The summed E-state index contributed by atoms with van der Waals surface area (Å²) in [4.78, 5) is 10.5. The maximum Gasteiger partial charge on any atom is 1.00 e. The van der Waals surface area contributed by atoms with Gasteiger partial charge in [-0.3, -0.25) is 0 Å². The van der Waals surface area contributed by atoms with E-state index in [-0.39, 0.29) is 34.5 Å². The second-order valence-electron chi connectivity index (χ2n) is 4.02. The van der Waals surface area contributed by atoms with Crippen molar-refractivity contribution in [3.8, 4) is 5.75 Å². The Morgan fingerprint density at radius 2 is 1.86 bits per heavy atom. The van der Waals surface area contributed by atoms with E-state index in [9.17, 15) is 31.5 Å². The van der Waals surface area contributed by atoms with Crippen LogP contribution in [0, 0.1) is 0 Å². The van der Waals surface area contributed by atoms with Gasteiger partial charge < -0.3 is 14.6 Å². The fourth-order valence-electron chi connectivity index (χ4n) is 1.26. The van der Waals surface area contributed by atoms with Gasteiger partial charge in [0.25, 0.3) is 0 Å². The van der Waals surface area contributed by atoms with Crippen LogP contribution in [0.3, 0.4) is 0 Å². The maximum absolute atomic E-state index is 12.4. The summed E-state index contributed by atoms with van der Waals surface area (Å²) >= 11 is 0. The van der Waals surface area contributed by atoms with Crippen LogP contribution < -0.4 is 39.4 Å². The molecule has 1 aromatic rings. The molecule has 0 bridgehead atoms. The van der Waals surface area contributed by atoms with Crippen molar-refractivity contribution < 1.29 is 65.8 Å². The topological polar surface area (TPSA) is 83.5 Å². The molecule has 0 radical (unpaired) electrons. The third-order valence-electron chi connectivity index (χ3n) is 2.36. The van der Waals surface area contributed by atoms with Crippen LogP contribution in [0.2, 0.25) is 0 Å². The van der Waals surface area contributed by atoms with Gasteiger partial charge in [-0.15, -0.1) is 0 Å². The summed E-state index contributed by atoms with van der Waals surface area (Å²) in [5.41, 5.74) is -0.760. The zero-order chi connectivity index (χ0) is 15.7.